The molecule has 20 heavy (non-hydrogen) atoms. The fourth-order valence-corrected chi connectivity index (χ4v) is 2.35. The first kappa shape index (κ1) is 16.7. The lowest BCUT2D eigenvalue weighted by molar-refractivity contribution is 0.0134. The van der Waals surface area contributed by atoms with E-state index in [-0.39, 0.29) is 17.4 Å². The van der Waals surface area contributed by atoms with Gasteiger partial charge in [0.1, 0.15) is 0 Å². The van der Waals surface area contributed by atoms with Gasteiger partial charge in [-0.1, -0.05) is 39.8 Å². The Morgan fingerprint density at radius 2 is 2.00 bits per heavy atom. The van der Waals surface area contributed by atoms with Crippen LogP contribution in [-0.4, -0.2) is 28.8 Å². The number of carboxylic acids is 1. The van der Waals surface area contributed by atoms with Crippen LogP contribution in [0.5, 0.6) is 0 Å². The van der Waals surface area contributed by atoms with Crippen LogP contribution in [0.2, 0.25) is 0 Å². The number of hydrogen-bond acceptors (Lipinski definition) is 3. The van der Waals surface area contributed by atoms with Crippen LogP contribution in [0.1, 0.15) is 43.6 Å². The summed E-state index contributed by atoms with van der Waals surface area (Å²) in [5.41, 5.74) is 1.00. The summed E-state index contributed by atoms with van der Waals surface area (Å²) >= 11 is 0. The second kappa shape index (κ2) is 6.86. The fraction of sp³-hybridized carbons (Fsp3) is 0.562. The van der Waals surface area contributed by atoms with Gasteiger partial charge in [-0.15, -0.1) is 0 Å². The molecule has 0 spiro atoms. The number of carboxylic acid groups (broad SMARTS) is 1. The van der Waals surface area contributed by atoms with Crippen LogP contribution in [0, 0.1) is 11.3 Å². The monoisotopic (exact) mass is 279 g/mol. The van der Waals surface area contributed by atoms with E-state index < -0.39 is 5.97 Å². The summed E-state index contributed by atoms with van der Waals surface area (Å²) in [7, 11) is 0. The summed E-state index contributed by atoms with van der Waals surface area (Å²) in [5, 5.41) is 22.4. The molecule has 1 aromatic carbocycles. The number of carbonyl (C=O) groups is 1. The molecular weight excluding hydrogens is 254 g/mol. The third kappa shape index (κ3) is 4.62. The predicted molar refractivity (Wildman–Crippen MR) is 79.7 cm³/mol. The topological polar surface area (TPSA) is 69.6 Å². The van der Waals surface area contributed by atoms with Gasteiger partial charge in [0.05, 0.1) is 11.7 Å². The number of aliphatic hydroxyl groups excluding tert-OH is 1. The van der Waals surface area contributed by atoms with E-state index in [9.17, 15) is 9.90 Å². The second-order valence-electron chi connectivity index (χ2n) is 6.29. The van der Waals surface area contributed by atoms with Crippen LogP contribution in [0.25, 0.3) is 0 Å². The van der Waals surface area contributed by atoms with Gasteiger partial charge >= 0.3 is 5.97 Å². The number of nitrogens with one attached hydrogen (secondary N) is 1. The number of hydrogen-bond donors (Lipinski definition) is 3. The molecule has 0 bridgehead atoms. The minimum Gasteiger partial charge on any atom is -0.478 e. The third-order valence-electron chi connectivity index (χ3n) is 3.52. The molecule has 0 saturated heterocycles. The van der Waals surface area contributed by atoms with Crippen molar-refractivity contribution in [1.82, 2.24) is 5.32 Å². The van der Waals surface area contributed by atoms with E-state index in [1.54, 1.807) is 18.2 Å². The normalized spacial score (nSPS) is 13.5. The summed E-state index contributed by atoms with van der Waals surface area (Å²) in [6, 6.07) is 6.89. The van der Waals surface area contributed by atoms with Crippen molar-refractivity contribution in [3.63, 3.8) is 0 Å². The van der Waals surface area contributed by atoms with Crippen LogP contribution in [-0.2, 0) is 6.54 Å². The lowest BCUT2D eigenvalue weighted by atomic mass is 9.80. The maximum atomic E-state index is 10.9. The Hall–Kier alpha value is -1.39. The lowest BCUT2D eigenvalue weighted by Crippen LogP contribution is -2.41. The van der Waals surface area contributed by atoms with Gasteiger partial charge < -0.3 is 15.5 Å². The van der Waals surface area contributed by atoms with E-state index in [1.807, 2.05) is 33.8 Å². The maximum absolute atomic E-state index is 10.9. The van der Waals surface area contributed by atoms with Crippen molar-refractivity contribution < 1.29 is 15.0 Å². The molecule has 0 aliphatic carbocycles. The Morgan fingerprint density at radius 3 is 2.55 bits per heavy atom. The molecule has 0 radical (unpaired) electrons. The van der Waals surface area contributed by atoms with Crippen LogP contribution in [0.15, 0.2) is 24.3 Å². The van der Waals surface area contributed by atoms with E-state index in [2.05, 4.69) is 5.32 Å². The molecule has 1 rings (SSSR count). The van der Waals surface area contributed by atoms with Crippen LogP contribution in [0.3, 0.4) is 0 Å². The van der Waals surface area contributed by atoms with Crippen molar-refractivity contribution in [1.29, 1.82) is 0 Å². The maximum Gasteiger partial charge on any atom is 0.335 e. The molecule has 0 aliphatic heterocycles. The SMILES string of the molecule is CC(C)C(O)C(C)(C)CNCc1cccc(C(=O)O)c1. The molecule has 0 heterocycles. The van der Waals surface area contributed by atoms with Gasteiger partial charge in [0.15, 0.2) is 0 Å². The van der Waals surface area contributed by atoms with Crippen LogP contribution in [0.4, 0.5) is 0 Å². The van der Waals surface area contributed by atoms with Gasteiger partial charge in [-0.25, -0.2) is 4.79 Å². The Morgan fingerprint density at radius 1 is 1.35 bits per heavy atom. The zero-order valence-electron chi connectivity index (χ0n) is 12.7. The highest BCUT2D eigenvalue weighted by molar-refractivity contribution is 5.87. The summed E-state index contributed by atoms with van der Waals surface area (Å²) in [4.78, 5) is 10.9. The Balaban J connectivity index is 2.56. The molecule has 0 amide bonds. The van der Waals surface area contributed by atoms with Crippen LogP contribution >= 0.6 is 0 Å². The van der Waals surface area contributed by atoms with Gasteiger partial charge in [0.25, 0.3) is 0 Å². The van der Waals surface area contributed by atoms with E-state index >= 15 is 0 Å². The first-order valence-corrected chi connectivity index (χ1v) is 6.95. The number of aliphatic hydroxyl groups is 1. The average Bonchev–Trinajstić information content (AvgIpc) is 2.37. The van der Waals surface area contributed by atoms with Crippen molar-refractivity contribution in [2.24, 2.45) is 11.3 Å². The highest BCUT2D eigenvalue weighted by Crippen LogP contribution is 2.25. The molecule has 112 valence electrons. The van der Waals surface area contributed by atoms with Gasteiger partial charge in [0, 0.05) is 18.5 Å². The molecule has 1 atom stereocenters. The van der Waals surface area contributed by atoms with E-state index in [4.69, 9.17) is 5.11 Å². The average molecular weight is 279 g/mol. The van der Waals surface area contributed by atoms with Crippen molar-refractivity contribution >= 4 is 5.97 Å². The minimum absolute atomic E-state index is 0.210. The highest BCUT2D eigenvalue weighted by Gasteiger charge is 2.29. The summed E-state index contributed by atoms with van der Waals surface area (Å²) in [5.74, 6) is -0.704. The third-order valence-corrected chi connectivity index (χ3v) is 3.52. The van der Waals surface area contributed by atoms with Gasteiger partial charge in [0.2, 0.25) is 0 Å². The van der Waals surface area contributed by atoms with Crippen molar-refractivity contribution in [3.05, 3.63) is 35.4 Å². The van der Waals surface area contributed by atoms with E-state index in [0.717, 1.165) is 5.56 Å². The minimum atomic E-state index is -0.914. The quantitative estimate of drug-likeness (QED) is 0.717. The molecule has 4 heteroatoms. The van der Waals surface area contributed by atoms with Crippen molar-refractivity contribution in [3.8, 4) is 0 Å². The van der Waals surface area contributed by atoms with Crippen molar-refractivity contribution in [2.75, 3.05) is 6.54 Å². The zero-order chi connectivity index (χ0) is 15.3. The fourth-order valence-electron chi connectivity index (χ4n) is 2.35. The molecule has 0 aliphatic rings. The van der Waals surface area contributed by atoms with Gasteiger partial charge in [-0.05, 0) is 23.6 Å². The molecule has 0 fully saturated rings. The largest absolute Gasteiger partial charge is 0.478 e. The Kier molecular flexibility index (Phi) is 5.72. The molecule has 0 aromatic heterocycles. The molecule has 1 unspecified atom stereocenters. The Labute approximate surface area is 120 Å². The highest BCUT2D eigenvalue weighted by atomic mass is 16.4. The molecule has 0 saturated carbocycles. The summed E-state index contributed by atoms with van der Waals surface area (Å²) in [6.45, 7) is 9.32. The Bertz CT molecular complexity index is 455. The summed E-state index contributed by atoms with van der Waals surface area (Å²) < 4.78 is 0. The van der Waals surface area contributed by atoms with E-state index in [1.165, 1.54) is 0 Å². The molecular formula is C16H25NO3. The summed E-state index contributed by atoms with van der Waals surface area (Å²) in [6.07, 6.45) is -0.375. The van der Waals surface area contributed by atoms with Crippen LogP contribution < -0.4 is 5.32 Å². The first-order chi connectivity index (χ1) is 9.24. The zero-order valence-corrected chi connectivity index (χ0v) is 12.7. The number of benzene rings is 1. The molecule has 4 nitrogen and oxygen atoms in total. The second-order valence-corrected chi connectivity index (χ2v) is 6.29. The van der Waals surface area contributed by atoms with Gasteiger partial charge in [-0.2, -0.15) is 0 Å². The number of aromatic carboxylic acids is 1. The van der Waals surface area contributed by atoms with Crippen molar-refractivity contribution in [2.45, 2.75) is 40.3 Å². The van der Waals surface area contributed by atoms with E-state index in [0.29, 0.717) is 18.7 Å². The predicted octanol–water partition coefficient (Wildman–Crippen LogP) is 2.52. The molecule has 1 aromatic rings. The first-order valence-electron chi connectivity index (χ1n) is 6.95. The lowest BCUT2D eigenvalue weighted by Gasteiger charge is -2.33. The number of rotatable bonds is 7. The van der Waals surface area contributed by atoms with Gasteiger partial charge in [-0.3, -0.25) is 0 Å². The molecule has 3 N–H and O–H groups in total. The smallest absolute Gasteiger partial charge is 0.335 e. The standard InChI is InChI=1S/C16H25NO3/c1-11(2)14(18)16(3,4)10-17-9-12-6-5-7-13(8-12)15(19)20/h5-8,11,14,17-18H,9-10H2,1-4H3,(H,19,20).